The molecule has 0 saturated carbocycles. The minimum atomic E-state index is -0.305. The molecule has 0 bridgehead atoms. The number of aromatic nitrogens is 1. The molecule has 3 rings (SSSR count). The highest BCUT2D eigenvalue weighted by atomic mass is 35.5. The van der Waals surface area contributed by atoms with Crippen molar-refractivity contribution in [2.75, 3.05) is 38.6 Å². The van der Waals surface area contributed by atoms with Gasteiger partial charge in [-0.05, 0) is 39.1 Å². The fourth-order valence-corrected chi connectivity index (χ4v) is 3.43. The summed E-state index contributed by atoms with van der Waals surface area (Å²) < 4.78 is 14.2. The molecule has 1 aromatic heterocycles. The van der Waals surface area contributed by atoms with Gasteiger partial charge in [0.2, 0.25) is 0 Å². The van der Waals surface area contributed by atoms with E-state index in [1.165, 1.54) is 6.07 Å². The average molecular weight is 391 g/mol. The third kappa shape index (κ3) is 4.57. The van der Waals surface area contributed by atoms with Crippen LogP contribution in [0.4, 0.5) is 15.0 Å². The first-order valence-corrected chi connectivity index (χ1v) is 9.43. The summed E-state index contributed by atoms with van der Waals surface area (Å²) in [4.78, 5) is 23.1. The van der Waals surface area contributed by atoms with Gasteiger partial charge >= 0.3 is 6.03 Å². The van der Waals surface area contributed by atoms with Crippen LogP contribution in [0.2, 0.25) is 5.02 Å². The van der Waals surface area contributed by atoms with E-state index in [1.807, 2.05) is 19.0 Å². The number of pyridine rings is 1. The second-order valence-electron chi connectivity index (χ2n) is 6.95. The monoisotopic (exact) mass is 390 g/mol. The van der Waals surface area contributed by atoms with Gasteiger partial charge in [0.25, 0.3) is 0 Å². The number of carbonyl (C=O) groups excluding carboxylic acids is 1. The Morgan fingerprint density at radius 2 is 2.04 bits per heavy atom. The summed E-state index contributed by atoms with van der Waals surface area (Å²) in [6.45, 7) is 1.97. The van der Waals surface area contributed by atoms with E-state index < -0.39 is 0 Å². The Labute approximate surface area is 164 Å². The molecule has 2 heterocycles. The molecule has 0 unspecified atom stereocenters. The SMILES string of the molecule is CN(C)CCN(Cc1ccccc1F)C(=O)N1CCCc2c(Cl)ccnc21. The number of hydrogen-bond donors (Lipinski definition) is 0. The number of halogens is 2. The zero-order valence-corrected chi connectivity index (χ0v) is 16.4. The molecule has 0 fully saturated rings. The third-order valence-corrected chi connectivity index (χ3v) is 5.03. The van der Waals surface area contributed by atoms with Gasteiger partial charge in [-0.1, -0.05) is 29.8 Å². The van der Waals surface area contributed by atoms with Crippen LogP contribution < -0.4 is 4.90 Å². The van der Waals surface area contributed by atoms with Crippen molar-refractivity contribution < 1.29 is 9.18 Å². The van der Waals surface area contributed by atoms with Crippen LogP contribution in [0.25, 0.3) is 0 Å². The summed E-state index contributed by atoms with van der Waals surface area (Å²) in [6.07, 6.45) is 3.25. The minimum absolute atomic E-state index is 0.171. The predicted octanol–water partition coefficient (Wildman–Crippen LogP) is 3.81. The zero-order valence-electron chi connectivity index (χ0n) is 15.7. The van der Waals surface area contributed by atoms with Gasteiger partial charge in [0.15, 0.2) is 0 Å². The van der Waals surface area contributed by atoms with Crippen molar-refractivity contribution in [2.45, 2.75) is 19.4 Å². The molecule has 0 saturated heterocycles. The molecule has 0 N–H and O–H groups in total. The summed E-state index contributed by atoms with van der Waals surface area (Å²) in [5.41, 5.74) is 1.40. The van der Waals surface area contributed by atoms with E-state index in [-0.39, 0.29) is 18.4 Å². The Hall–Kier alpha value is -2.18. The van der Waals surface area contributed by atoms with Crippen LogP contribution in [-0.4, -0.2) is 54.5 Å². The van der Waals surface area contributed by atoms with Crippen molar-refractivity contribution in [3.8, 4) is 0 Å². The lowest BCUT2D eigenvalue weighted by atomic mass is 10.1. The van der Waals surface area contributed by atoms with Crippen LogP contribution >= 0.6 is 11.6 Å². The molecule has 5 nitrogen and oxygen atoms in total. The van der Waals surface area contributed by atoms with Crippen molar-refractivity contribution in [3.05, 3.63) is 58.5 Å². The van der Waals surface area contributed by atoms with Gasteiger partial charge in [-0.3, -0.25) is 4.90 Å². The van der Waals surface area contributed by atoms with E-state index in [1.54, 1.807) is 40.3 Å². The van der Waals surface area contributed by atoms with E-state index in [0.717, 1.165) is 18.4 Å². The maximum atomic E-state index is 14.2. The average Bonchev–Trinajstić information content (AvgIpc) is 2.66. The number of hydrogen-bond acceptors (Lipinski definition) is 3. The molecule has 27 heavy (non-hydrogen) atoms. The normalized spacial score (nSPS) is 13.6. The van der Waals surface area contributed by atoms with E-state index in [9.17, 15) is 9.18 Å². The lowest BCUT2D eigenvalue weighted by Gasteiger charge is -2.34. The third-order valence-electron chi connectivity index (χ3n) is 4.68. The predicted molar refractivity (Wildman–Crippen MR) is 106 cm³/mol. The minimum Gasteiger partial charge on any atom is -0.319 e. The van der Waals surface area contributed by atoms with Crippen LogP contribution in [0.5, 0.6) is 0 Å². The van der Waals surface area contributed by atoms with E-state index >= 15 is 0 Å². The fourth-order valence-electron chi connectivity index (χ4n) is 3.19. The summed E-state index contributed by atoms with van der Waals surface area (Å²) in [6, 6.07) is 8.14. The maximum Gasteiger partial charge on any atom is 0.326 e. The molecule has 2 amide bonds. The van der Waals surface area contributed by atoms with Gasteiger partial charge in [0.05, 0.1) is 6.54 Å². The molecule has 0 aliphatic carbocycles. The second-order valence-corrected chi connectivity index (χ2v) is 7.36. The Kier molecular flexibility index (Phi) is 6.29. The Morgan fingerprint density at radius 1 is 1.26 bits per heavy atom. The number of benzene rings is 1. The standard InChI is InChI=1S/C20H24ClFN4O/c1-24(2)12-13-25(14-15-6-3-4-8-18(15)22)20(27)26-11-5-7-16-17(21)9-10-23-19(16)26/h3-4,6,8-10H,5,7,11-14H2,1-2H3. The number of fused-ring (bicyclic) bond motifs is 1. The first kappa shape index (κ1) is 19.6. The molecule has 0 radical (unpaired) electrons. The number of rotatable bonds is 5. The first-order chi connectivity index (χ1) is 13.0. The number of likely N-dealkylation sites (N-methyl/N-ethyl adjacent to an activating group) is 1. The van der Waals surface area contributed by atoms with Crippen molar-refractivity contribution in [2.24, 2.45) is 0 Å². The summed E-state index contributed by atoms with van der Waals surface area (Å²) in [7, 11) is 3.90. The van der Waals surface area contributed by atoms with Gasteiger partial charge in [-0.2, -0.15) is 0 Å². The van der Waals surface area contributed by atoms with Crippen LogP contribution in [0.3, 0.4) is 0 Å². The van der Waals surface area contributed by atoms with E-state index in [2.05, 4.69) is 4.98 Å². The number of amides is 2. The van der Waals surface area contributed by atoms with Crippen LogP contribution in [0.1, 0.15) is 17.5 Å². The highest BCUT2D eigenvalue weighted by Crippen LogP contribution is 2.31. The Morgan fingerprint density at radius 3 is 2.78 bits per heavy atom. The van der Waals surface area contributed by atoms with Gasteiger partial charge < -0.3 is 9.80 Å². The summed E-state index contributed by atoms with van der Waals surface area (Å²) >= 11 is 6.30. The van der Waals surface area contributed by atoms with Gasteiger partial charge in [0.1, 0.15) is 11.6 Å². The smallest absolute Gasteiger partial charge is 0.319 e. The number of carbonyl (C=O) groups is 1. The summed E-state index contributed by atoms with van der Waals surface area (Å²) in [5, 5.41) is 0.631. The molecule has 2 aromatic rings. The highest BCUT2D eigenvalue weighted by Gasteiger charge is 2.29. The maximum absolute atomic E-state index is 14.2. The molecular formula is C20H24ClFN4O. The largest absolute Gasteiger partial charge is 0.326 e. The van der Waals surface area contributed by atoms with Crippen molar-refractivity contribution in [1.29, 1.82) is 0 Å². The lowest BCUT2D eigenvalue weighted by Crippen LogP contribution is -2.47. The van der Waals surface area contributed by atoms with Crippen molar-refractivity contribution in [3.63, 3.8) is 0 Å². The van der Waals surface area contributed by atoms with E-state index in [4.69, 9.17) is 11.6 Å². The number of urea groups is 1. The van der Waals surface area contributed by atoms with Crippen LogP contribution in [0, 0.1) is 5.82 Å². The van der Waals surface area contributed by atoms with Crippen molar-refractivity contribution >= 4 is 23.4 Å². The zero-order chi connectivity index (χ0) is 19.4. The molecule has 144 valence electrons. The summed E-state index contributed by atoms with van der Waals surface area (Å²) in [5.74, 6) is 0.308. The molecular weight excluding hydrogens is 367 g/mol. The fraction of sp³-hybridized carbons (Fsp3) is 0.400. The molecule has 1 aliphatic rings. The highest BCUT2D eigenvalue weighted by molar-refractivity contribution is 6.31. The molecule has 1 aromatic carbocycles. The Bertz CT molecular complexity index is 814. The van der Waals surface area contributed by atoms with Gasteiger partial charge in [0, 0.05) is 42.0 Å². The second kappa shape index (κ2) is 8.67. The molecule has 0 spiro atoms. The van der Waals surface area contributed by atoms with Gasteiger partial charge in [-0.15, -0.1) is 0 Å². The van der Waals surface area contributed by atoms with Crippen LogP contribution in [-0.2, 0) is 13.0 Å². The topological polar surface area (TPSA) is 39.7 Å². The molecule has 1 aliphatic heterocycles. The molecule has 7 heteroatoms. The van der Waals surface area contributed by atoms with Gasteiger partial charge in [-0.25, -0.2) is 14.2 Å². The van der Waals surface area contributed by atoms with E-state index in [0.29, 0.717) is 36.0 Å². The number of nitrogens with zero attached hydrogens (tertiary/aromatic N) is 4. The Balaban J connectivity index is 1.87. The first-order valence-electron chi connectivity index (χ1n) is 9.05. The quantitative estimate of drug-likeness (QED) is 0.779. The lowest BCUT2D eigenvalue weighted by molar-refractivity contribution is 0.194. The van der Waals surface area contributed by atoms with Crippen molar-refractivity contribution in [1.82, 2.24) is 14.8 Å². The van der Waals surface area contributed by atoms with Crippen LogP contribution in [0.15, 0.2) is 36.5 Å². The number of anilines is 1. The molecule has 0 atom stereocenters.